The van der Waals surface area contributed by atoms with E-state index < -0.39 is 5.97 Å². The molecule has 2 saturated heterocycles. The molecular formula is C25H30N4O3. The van der Waals surface area contributed by atoms with E-state index in [4.69, 9.17) is 5.11 Å². The summed E-state index contributed by atoms with van der Waals surface area (Å²) < 4.78 is 0. The highest BCUT2D eigenvalue weighted by atomic mass is 16.4. The van der Waals surface area contributed by atoms with E-state index in [-0.39, 0.29) is 11.9 Å². The van der Waals surface area contributed by atoms with Crippen LogP contribution in [-0.4, -0.2) is 53.2 Å². The number of hydrogen-bond donors (Lipinski definition) is 1. The van der Waals surface area contributed by atoms with Gasteiger partial charge in [-0.3, -0.25) is 24.5 Å². The van der Waals surface area contributed by atoms with Gasteiger partial charge in [-0.1, -0.05) is 31.4 Å². The average molecular weight is 435 g/mol. The van der Waals surface area contributed by atoms with Crippen LogP contribution in [0.3, 0.4) is 0 Å². The van der Waals surface area contributed by atoms with Crippen molar-refractivity contribution in [1.29, 1.82) is 0 Å². The Morgan fingerprint density at radius 1 is 0.969 bits per heavy atom. The van der Waals surface area contributed by atoms with Crippen LogP contribution < -0.4 is 9.80 Å². The first-order valence-electron chi connectivity index (χ1n) is 11.7. The van der Waals surface area contributed by atoms with Crippen molar-refractivity contribution in [3.63, 3.8) is 0 Å². The Kier molecular flexibility index (Phi) is 5.83. The fourth-order valence-corrected chi connectivity index (χ4v) is 5.14. The maximum Gasteiger partial charge on any atom is 0.329 e. The summed E-state index contributed by atoms with van der Waals surface area (Å²) in [5.41, 5.74) is 4.09. The summed E-state index contributed by atoms with van der Waals surface area (Å²) >= 11 is 0. The van der Waals surface area contributed by atoms with Gasteiger partial charge in [-0.2, -0.15) is 0 Å². The normalized spacial score (nSPS) is 20.6. The topological polar surface area (TPSA) is 77.0 Å². The molecule has 3 fully saturated rings. The number of carbonyl (C=O) groups excluding carboxylic acids is 1. The molecule has 1 aromatic heterocycles. The molecule has 2 amide bonds. The van der Waals surface area contributed by atoms with Crippen LogP contribution in [0, 0.1) is 5.92 Å². The van der Waals surface area contributed by atoms with Crippen LogP contribution in [-0.2, 0) is 11.3 Å². The molecule has 7 nitrogen and oxygen atoms in total. The second kappa shape index (κ2) is 8.90. The summed E-state index contributed by atoms with van der Waals surface area (Å²) in [6.45, 7) is 3.27. The van der Waals surface area contributed by atoms with E-state index in [0.717, 1.165) is 29.2 Å². The highest BCUT2D eigenvalue weighted by Crippen LogP contribution is 2.34. The largest absolute Gasteiger partial charge is 0.481 e. The van der Waals surface area contributed by atoms with Crippen molar-refractivity contribution in [3.8, 4) is 0 Å². The van der Waals surface area contributed by atoms with Crippen LogP contribution in [0.4, 0.5) is 16.2 Å². The van der Waals surface area contributed by atoms with E-state index in [9.17, 15) is 9.59 Å². The Labute approximate surface area is 188 Å². The maximum atomic E-state index is 13.2. The fraction of sp³-hybridized carbons (Fsp3) is 0.480. The molecule has 0 atom stereocenters. The molecule has 1 saturated carbocycles. The lowest BCUT2D eigenvalue weighted by molar-refractivity contribution is -0.147. The van der Waals surface area contributed by atoms with E-state index in [1.165, 1.54) is 32.1 Å². The molecule has 2 aromatic rings. The number of urea groups is 1. The van der Waals surface area contributed by atoms with E-state index in [0.29, 0.717) is 32.1 Å². The molecule has 0 bridgehead atoms. The summed E-state index contributed by atoms with van der Waals surface area (Å²) in [6, 6.07) is 12.1. The summed E-state index contributed by atoms with van der Waals surface area (Å²) in [4.78, 5) is 34.6. The number of anilines is 2. The summed E-state index contributed by atoms with van der Waals surface area (Å²) in [5, 5.41) is 9.01. The number of rotatable bonds is 6. The standard InChI is InChI=1S/C25H30N4O3/c30-24(31)20-16-27(17-20)15-18-6-8-21(9-7-18)28-12-13-29(25(28)32)22-10-11-26-23(14-22)19-4-2-1-3-5-19/h6-11,14,19-20H,1-5,12-13,15-17H2,(H,30,31). The SMILES string of the molecule is O=C(O)C1CN(Cc2ccc(N3CCN(c4ccnc(C5CCCCC5)c4)C3=O)cc2)C1. The van der Waals surface area contributed by atoms with Gasteiger partial charge in [-0.05, 0) is 42.7 Å². The number of carboxylic acids is 1. The number of benzene rings is 1. The molecule has 32 heavy (non-hydrogen) atoms. The number of aliphatic carboxylic acids is 1. The number of carbonyl (C=O) groups is 2. The molecule has 0 unspecified atom stereocenters. The molecule has 1 N–H and O–H groups in total. The highest BCUT2D eigenvalue weighted by molar-refractivity contribution is 6.06. The third-order valence-electron chi connectivity index (χ3n) is 7.07. The van der Waals surface area contributed by atoms with Gasteiger partial charge in [0.25, 0.3) is 0 Å². The quantitative estimate of drug-likeness (QED) is 0.741. The first-order chi connectivity index (χ1) is 15.6. The summed E-state index contributed by atoms with van der Waals surface area (Å²) in [7, 11) is 0. The minimum Gasteiger partial charge on any atom is -0.481 e. The Bertz CT molecular complexity index is 981. The predicted octanol–water partition coefficient (Wildman–Crippen LogP) is 4.09. The first kappa shape index (κ1) is 20.9. The van der Waals surface area contributed by atoms with Crippen molar-refractivity contribution in [1.82, 2.24) is 9.88 Å². The second-order valence-corrected chi connectivity index (χ2v) is 9.26. The van der Waals surface area contributed by atoms with Crippen LogP contribution in [0.1, 0.15) is 49.3 Å². The Morgan fingerprint density at radius 3 is 2.34 bits per heavy atom. The van der Waals surface area contributed by atoms with E-state index >= 15 is 0 Å². The second-order valence-electron chi connectivity index (χ2n) is 9.26. The lowest BCUT2D eigenvalue weighted by atomic mass is 9.86. The Morgan fingerprint density at radius 2 is 1.66 bits per heavy atom. The zero-order valence-corrected chi connectivity index (χ0v) is 18.3. The van der Waals surface area contributed by atoms with Gasteiger partial charge >= 0.3 is 12.0 Å². The molecule has 3 heterocycles. The average Bonchev–Trinajstić information content (AvgIpc) is 3.18. The molecular weight excluding hydrogens is 404 g/mol. The predicted molar refractivity (Wildman–Crippen MR) is 123 cm³/mol. The lowest BCUT2D eigenvalue weighted by Crippen LogP contribution is -2.49. The summed E-state index contributed by atoms with van der Waals surface area (Å²) in [6.07, 6.45) is 8.07. The molecule has 168 valence electrons. The molecule has 7 heteroatoms. The third kappa shape index (κ3) is 4.21. The molecule has 5 rings (SSSR count). The van der Waals surface area contributed by atoms with Gasteiger partial charge in [-0.25, -0.2) is 4.79 Å². The zero-order chi connectivity index (χ0) is 22.1. The van der Waals surface area contributed by atoms with Gasteiger partial charge < -0.3 is 5.11 Å². The van der Waals surface area contributed by atoms with Gasteiger partial charge in [0.15, 0.2) is 0 Å². The van der Waals surface area contributed by atoms with E-state index in [1.807, 2.05) is 46.3 Å². The number of hydrogen-bond acceptors (Lipinski definition) is 4. The lowest BCUT2D eigenvalue weighted by Gasteiger charge is -2.36. The van der Waals surface area contributed by atoms with E-state index in [1.54, 1.807) is 0 Å². The molecule has 3 aliphatic rings. The number of aromatic nitrogens is 1. The van der Waals surface area contributed by atoms with Crippen LogP contribution in [0.25, 0.3) is 0 Å². The van der Waals surface area contributed by atoms with Crippen LogP contribution in [0.5, 0.6) is 0 Å². The molecule has 1 aromatic carbocycles. The van der Waals surface area contributed by atoms with Gasteiger partial charge in [0.05, 0.1) is 5.92 Å². The van der Waals surface area contributed by atoms with Crippen molar-refractivity contribution in [3.05, 3.63) is 53.9 Å². The van der Waals surface area contributed by atoms with E-state index in [2.05, 4.69) is 16.0 Å². The molecule has 2 aliphatic heterocycles. The van der Waals surface area contributed by atoms with Crippen molar-refractivity contribution in [2.24, 2.45) is 5.92 Å². The zero-order valence-electron chi connectivity index (χ0n) is 18.3. The molecule has 0 radical (unpaired) electrons. The number of carboxylic acid groups (broad SMARTS) is 1. The van der Waals surface area contributed by atoms with Crippen molar-refractivity contribution >= 4 is 23.4 Å². The van der Waals surface area contributed by atoms with Crippen LogP contribution in [0.2, 0.25) is 0 Å². The minimum absolute atomic E-state index is 0.00517. The van der Waals surface area contributed by atoms with Crippen molar-refractivity contribution in [2.45, 2.75) is 44.6 Å². The monoisotopic (exact) mass is 434 g/mol. The molecule has 1 aliphatic carbocycles. The van der Waals surface area contributed by atoms with Crippen molar-refractivity contribution in [2.75, 3.05) is 36.0 Å². The summed E-state index contributed by atoms with van der Waals surface area (Å²) in [5.74, 6) is -0.440. The number of amides is 2. The first-order valence-corrected chi connectivity index (χ1v) is 11.7. The third-order valence-corrected chi connectivity index (χ3v) is 7.07. The minimum atomic E-state index is -0.714. The van der Waals surface area contributed by atoms with Gasteiger partial charge in [0, 0.05) is 61.9 Å². The van der Waals surface area contributed by atoms with Gasteiger partial charge in [0.1, 0.15) is 0 Å². The number of pyridine rings is 1. The Hall–Kier alpha value is -2.93. The van der Waals surface area contributed by atoms with Gasteiger partial charge in [0.2, 0.25) is 0 Å². The Balaban J connectivity index is 1.22. The fourth-order valence-electron chi connectivity index (χ4n) is 5.14. The molecule has 0 spiro atoms. The number of likely N-dealkylation sites (tertiary alicyclic amines) is 1. The van der Waals surface area contributed by atoms with Crippen molar-refractivity contribution < 1.29 is 14.7 Å². The smallest absolute Gasteiger partial charge is 0.329 e. The number of nitrogens with zero attached hydrogens (tertiary/aromatic N) is 4. The van der Waals surface area contributed by atoms with Gasteiger partial charge in [-0.15, -0.1) is 0 Å². The maximum absolute atomic E-state index is 13.2. The van der Waals surface area contributed by atoms with Crippen LogP contribution in [0.15, 0.2) is 42.6 Å². The highest BCUT2D eigenvalue weighted by Gasteiger charge is 2.33. The van der Waals surface area contributed by atoms with Crippen LogP contribution >= 0.6 is 0 Å².